The zero-order valence-corrected chi connectivity index (χ0v) is 16.3. The number of thioether (sulfide) groups is 2. The molecule has 0 radical (unpaired) electrons. The normalized spacial score (nSPS) is 16.0. The average Bonchev–Trinajstić information content (AvgIpc) is 2.70. The molecule has 142 valence electrons. The predicted octanol–water partition coefficient (Wildman–Crippen LogP) is 2.60. The minimum atomic E-state index is -0.523. The number of ether oxygens (including phenoxy) is 3. The lowest BCUT2D eigenvalue weighted by Gasteiger charge is -2.16. The van der Waals surface area contributed by atoms with Gasteiger partial charge in [-0.1, -0.05) is 6.58 Å². The van der Waals surface area contributed by atoms with Crippen LogP contribution < -0.4 is 0 Å². The summed E-state index contributed by atoms with van der Waals surface area (Å²) in [6.07, 6.45) is 2.26. The zero-order valence-electron chi connectivity index (χ0n) is 14.6. The first-order valence-corrected chi connectivity index (χ1v) is 10.6. The van der Waals surface area contributed by atoms with E-state index < -0.39 is 11.9 Å². The van der Waals surface area contributed by atoms with Crippen LogP contribution in [0.15, 0.2) is 12.2 Å². The van der Waals surface area contributed by atoms with Crippen molar-refractivity contribution in [3.63, 3.8) is 0 Å². The van der Waals surface area contributed by atoms with Crippen LogP contribution >= 0.6 is 23.5 Å². The summed E-state index contributed by atoms with van der Waals surface area (Å²) in [4.78, 5) is 34.6. The van der Waals surface area contributed by atoms with Gasteiger partial charge in [0.15, 0.2) is 0 Å². The molecule has 1 heterocycles. The van der Waals surface area contributed by atoms with Gasteiger partial charge < -0.3 is 14.2 Å². The van der Waals surface area contributed by atoms with Gasteiger partial charge in [-0.15, -0.1) is 0 Å². The Hall–Kier alpha value is -1.15. The van der Waals surface area contributed by atoms with Gasteiger partial charge in [-0.3, -0.25) is 9.59 Å². The fourth-order valence-electron chi connectivity index (χ4n) is 1.89. The van der Waals surface area contributed by atoms with E-state index in [1.807, 2.05) is 0 Å². The Morgan fingerprint density at radius 1 is 0.960 bits per heavy atom. The fourth-order valence-corrected chi connectivity index (χ4v) is 4.08. The molecule has 0 bridgehead atoms. The Morgan fingerprint density at radius 3 is 2.12 bits per heavy atom. The summed E-state index contributed by atoms with van der Waals surface area (Å²) in [6.45, 7) is 4.91. The maximum atomic E-state index is 11.9. The number of carbonyl (C=O) groups excluding carboxylic acids is 3. The highest BCUT2D eigenvalue weighted by Gasteiger charge is 2.17. The summed E-state index contributed by atoms with van der Waals surface area (Å²) in [5.41, 5.74) is 0.287. The second kappa shape index (κ2) is 13.1. The summed E-state index contributed by atoms with van der Waals surface area (Å²) in [5.74, 6) is 2.38. The van der Waals surface area contributed by atoms with Crippen molar-refractivity contribution in [3.05, 3.63) is 12.2 Å². The Labute approximate surface area is 157 Å². The van der Waals surface area contributed by atoms with E-state index in [9.17, 15) is 14.4 Å². The largest absolute Gasteiger partial charge is 0.462 e. The second-order valence-corrected chi connectivity index (χ2v) is 7.91. The van der Waals surface area contributed by atoms with E-state index in [1.165, 1.54) is 19.8 Å². The molecule has 6 nitrogen and oxygen atoms in total. The standard InChI is InChI=1S/C17H26O6S2/c1-13(2)17(20)22-8-7-21-15(18)5-6-16(19)23-14-11-24-9-3-4-10-25-12-14/h14H,1,3-12H2,2H3. The zero-order chi connectivity index (χ0) is 18.5. The van der Waals surface area contributed by atoms with Crippen LogP contribution in [0, 0.1) is 0 Å². The molecule has 25 heavy (non-hydrogen) atoms. The van der Waals surface area contributed by atoms with Gasteiger partial charge in [-0.2, -0.15) is 23.5 Å². The summed E-state index contributed by atoms with van der Waals surface area (Å²) < 4.78 is 15.2. The van der Waals surface area contributed by atoms with Gasteiger partial charge in [0.05, 0.1) is 12.8 Å². The molecule has 0 unspecified atom stereocenters. The number of hydrogen-bond acceptors (Lipinski definition) is 8. The van der Waals surface area contributed by atoms with Crippen molar-refractivity contribution in [2.75, 3.05) is 36.2 Å². The van der Waals surface area contributed by atoms with Crippen LogP contribution in [0.1, 0.15) is 32.6 Å². The molecule has 0 amide bonds. The first-order chi connectivity index (χ1) is 12.0. The van der Waals surface area contributed by atoms with E-state index in [0.717, 1.165) is 23.0 Å². The predicted molar refractivity (Wildman–Crippen MR) is 99.7 cm³/mol. The van der Waals surface area contributed by atoms with Gasteiger partial charge in [0, 0.05) is 17.1 Å². The van der Waals surface area contributed by atoms with Crippen molar-refractivity contribution in [2.45, 2.75) is 38.7 Å². The van der Waals surface area contributed by atoms with Crippen molar-refractivity contribution in [3.8, 4) is 0 Å². The van der Waals surface area contributed by atoms with Gasteiger partial charge in [0.25, 0.3) is 0 Å². The van der Waals surface area contributed by atoms with Crippen molar-refractivity contribution >= 4 is 41.4 Å². The van der Waals surface area contributed by atoms with Crippen LogP contribution in [0.5, 0.6) is 0 Å². The van der Waals surface area contributed by atoms with Gasteiger partial charge in [-0.25, -0.2) is 4.79 Å². The average molecular weight is 391 g/mol. The number of hydrogen-bond donors (Lipinski definition) is 0. The molecule has 0 saturated carbocycles. The minimum absolute atomic E-state index is 0.00375. The first kappa shape index (κ1) is 21.9. The molecular formula is C17H26O6S2. The van der Waals surface area contributed by atoms with Crippen molar-refractivity contribution in [1.29, 1.82) is 0 Å². The smallest absolute Gasteiger partial charge is 0.333 e. The van der Waals surface area contributed by atoms with E-state index in [1.54, 1.807) is 23.5 Å². The molecule has 1 saturated heterocycles. The lowest BCUT2D eigenvalue weighted by atomic mass is 10.3. The van der Waals surface area contributed by atoms with Gasteiger partial charge >= 0.3 is 17.9 Å². The first-order valence-electron chi connectivity index (χ1n) is 8.32. The third-order valence-electron chi connectivity index (χ3n) is 3.19. The fraction of sp³-hybridized carbons (Fsp3) is 0.706. The summed E-state index contributed by atoms with van der Waals surface area (Å²) in [7, 11) is 0. The molecule has 1 rings (SSSR count). The lowest BCUT2D eigenvalue weighted by molar-refractivity contribution is -0.154. The minimum Gasteiger partial charge on any atom is -0.462 e. The van der Waals surface area contributed by atoms with Crippen molar-refractivity contribution in [1.82, 2.24) is 0 Å². The highest BCUT2D eigenvalue weighted by atomic mass is 32.2. The summed E-state index contributed by atoms with van der Waals surface area (Å²) >= 11 is 3.61. The van der Waals surface area contributed by atoms with E-state index in [-0.39, 0.29) is 43.7 Å². The Bertz CT molecular complexity index is 456. The number of rotatable bonds is 8. The maximum absolute atomic E-state index is 11.9. The van der Waals surface area contributed by atoms with Gasteiger partial charge in [0.2, 0.25) is 0 Å². The molecule has 0 atom stereocenters. The molecule has 0 aliphatic carbocycles. The van der Waals surface area contributed by atoms with E-state index in [4.69, 9.17) is 14.2 Å². The molecule has 1 aliphatic heterocycles. The summed E-state index contributed by atoms with van der Waals surface area (Å²) in [6, 6.07) is 0. The number of esters is 3. The Kier molecular flexibility index (Phi) is 11.5. The molecule has 0 aromatic carbocycles. The molecule has 0 N–H and O–H groups in total. The number of carbonyl (C=O) groups is 3. The molecular weight excluding hydrogens is 364 g/mol. The monoisotopic (exact) mass is 390 g/mol. The molecule has 1 aliphatic rings. The quantitative estimate of drug-likeness (QED) is 0.271. The SMILES string of the molecule is C=C(C)C(=O)OCCOC(=O)CCC(=O)OC1CSCCCCSC1. The third-order valence-corrected chi connectivity index (χ3v) is 5.56. The van der Waals surface area contributed by atoms with E-state index in [0.29, 0.717) is 0 Å². The van der Waals surface area contributed by atoms with Crippen molar-refractivity contribution in [2.24, 2.45) is 0 Å². The Balaban J connectivity index is 2.14. The van der Waals surface area contributed by atoms with Crippen LogP contribution in [0.25, 0.3) is 0 Å². The van der Waals surface area contributed by atoms with Crippen LogP contribution in [0.3, 0.4) is 0 Å². The van der Waals surface area contributed by atoms with Crippen LogP contribution in [0.2, 0.25) is 0 Å². The highest BCUT2D eigenvalue weighted by Crippen LogP contribution is 2.18. The third kappa shape index (κ3) is 11.1. The van der Waals surface area contributed by atoms with E-state index >= 15 is 0 Å². The Morgan fingerprint density at radius 2 is 1.52 bits per heavy atom. The lowest BCUT2D eigenvalue weighted by Crippen LogP contribution is -2.24. The van der Waals surface area contributed by atoms with Crippen LogP contribution in [0.4, 0.5) is 0 Å². The maximum Gasteiger partial charge on any atom is 0.333 e. The second-order valence-electron chi connectivity index (χ2n) is 5.61. The molecule has 8 heteroatoms. The topological polar surface area (TPSA) is 78.9 Å². The van der Waals surface area contributed by atoms with Gasteiger partial charge in [-0.05, 0) is 31.3 Å². The molecule has 0 spiro atoms. The van der Waals surface area contributed by atoms with Crippen LogP contribution in [-0.4, -0.2) is 60.2 Å². The van der Waals surface area contributed by atoms with Crippen LogP contribution in [-0.2, 0) is 28.6 Å². The van der Waals surface area contributed by atoms with Crippen molar-refractivity contribution < 1.29 is 28.6 Å². The van der Waals surface area contributed by atoms with E-state index in [2.05, 4.69) is 6.58 Å². The molecule has 0 aromatic rings. The molecule has 1 fully saturated rings. The summed E-state index contributed by atoms with van der Waals surface area (Å²) in [5, 5.41) is 0. The van der Waals surface area contributed by atoms with Gasteiger partial charge in [0.1, 0.15) is 19.3 Å². The highest BCUT2D eigenvalue weighted by molar-refractivity contribution is 8.00. The molecule has 0 aromatic heterocycles.